The second-order valence-corrected chi connectivity index (χ2v) is 6.31. The third-order valence-corrected chi connectivity index (χ3v) is 4.78. The van der Waals surface area contributed by atoms with Gasteiger partial charge < -0.3 is 15.2 Å². The van der Waals surface area contributed by atoms with Crippen molar-refractivity contribution in [3.8, 4) is 6.07 Å². The van der Waals surface area contributed by atoms with E-state index in [2.05, 4.69) is 17.1 Å². The maximum absolute atomic E-state index is 13.7. The molecular formula is C17H24FN3O2. The molecule has 1 aromatic rings. The molecular weight excluding hydrogens is 297 g/mol. The highest BCUT2D eigenvalue weighted by molar-refractivity contribution is 5.34. The molecule has 1 fully saturated rings. The highest BCUT2D eigenvalue weighted by Crippen LogP contribution is 2.23. The number of morpholine rings is 1. The molecule has 0 saturated carbocycles. The van der Waals surface area contributed by atoms with Crippen molar-refractivity contribution in [3.05, 3.63) is 35.1 Å². The van der Waals surface area contributed by atoms with Gasteiger partial charge in [0.2, 0.25) is 0 Å². The van der Waals surface area contributed by atoms with Crippen molar-refractivity contribution >= 4 is 0 Å². The first-order valence-corrected chi connectivity index (χ1v) is 7.78. The van der Waals surface area contributed by atoms with Gasteiger partial charge in [-0.2, -0.15) is 5.26 Å². The Morgan fingerprint density at radius 3 is 2.96 bits per heavy atom. The van der Waals surface area contributed by atoms with Crippen LogP contribution in [-0.4, -0.2) is 55.0 Å². The van der Waals surface area contributed by atoms with E-state index in [-0.39, 0.29) is 24.3 Å². The molecule has 1 aliphatic heterocycles. The lowest BCUT2D eigenvalue weighted by atomic mass is 9.95. The first-order chi connectivity index (χ1) is 10.9. The van der Waals surface area contributed by atoms with Crippen molar-refractivity contribution in [2.24, 2.45) is 0 Å². The van der Waals surface area contributed by atoms with E-state index in [4.69, 9.17) is 10.00 Å². The van der Waals surface area contributed by atoms with Gasteiger partial charge in [-0.15, -0.1) is 0 Å². The van der Waals surface area contributed by atoms with Crippen LogP contribution in [0.1, 0.15) is 31.0 Å². The van der Waals surface area contributed by atoms with Crippen LogP contribution in [-0.2, 0) is 4.74 Å². The molecule has 0 aliphatic carbocycles. The summed E-state index contributed by atoms with van der Waals surface area (Å²) in [7, 11) is 1.98. The van der Waals surface area contributed by atoms with Crippen LogP contribution in [0.2, 0.25) is 0 Å². The Morgan fingerprint density at radius 2 is 2.35 bits per heavy atom. The summed E-state index contributed by atoms with van der Waals surface area (Å²) >= 11 is 0. The Morgan fingerprint density at radius 1 is 1.61 bits per heavy atom. The Hall–Kier alpha value is -1.52. The highest BCUT2D eigenvalue weighted by Gasteiger charge is 2.40. The molecule has 1 aromatic carbocycles. The summed E-state index contributed by atoms with van der Waals surface area (Å²) in [5.41, 5.74) is 0.320. The molecule has 1 saturated heterocycles. The molecule has 2 rings (SSSR count). The average molecular weight is 321 g/mol. The lowest BCUT2D eigenvalue weighted by Gasteiger charge is -2.47. The second kappa shape index (κ2) is 7.37. The summed E-state index contributed by atoms with van der Waals surface area (Å²) in [6.07, 6.45) is 0. The van der Waals surface area contributed by atoms with Crippen molar-refractivity contribution in [1.82, 2.24) is 10.2 Å². The highest BCUT2D eigenvalue weighted by atomic mass is 19.1. The van der Waals surface area contributed by atoms with Crippen molar-refractivity contribution in [2.75, 3.05) is 33.4 Å². The van der Waals surface area contributed by atoms with E-state index in [1.165, 1.54) is 12.1 Å². The zero-order chi connectivity index (χ0) is 17.0. The van der Waals surface area contributed by atoms with E-state index in [1.54, 1.807) is 6.07 Å². The molecule has 1 unspecified atom stereocenters. The quantitative estimate of drug-likeness (QED) is 0.859. The molecule has 1 heterocycles. The van der Waals surface area contributed by atoms with Gasteiger partial charge in [0.05, 0.1) is 30.9 Å². The molecule has 3 atom stereocenters. The molecule has 126 valence electrons. The number of halogens is 1. The lowest BCUT2D eigenvalue weighted by molar-refractivity contribution is -0.106. The standard InChI is InChI=1S/C17H24FN3O2/c1-12-8-23-11-17(10-22,21(12)3)9-20-13(2)14-4-5-15(7-19)16(18)6-14/h4-6,12-13,20,22H,8-11H2,1-3H3/t12-,13?,17+/m1/s1. The summed E-state index contributed by atoms with van der Waals surface area (Å²) in [6, 6.07) is 6.55. The van der Waals surface area contributed by atoms with Gasteiger partial charge >= 0.3 is 0 Å². The maximum atomic E-state index is 13.7. The smallest absolute Gasteiger partial charge is 0.141 e. The summed E-state index contributed by atoms with van der Waals surface area (Å²) in [5, 5.41) is 22.0. The van der Waals surface area contributed by atoms with Gasteiger partial charge in [-0.3, -0.25) is 4.90 Å². The van der Waals surface area contributed by atoms with Crippen molar-refractivity contribution < 1.29 is 14.2 Å². The average Bonchev–Trinajstić information content (AvgIpc) is 2.56. The van der Waals surface area contributed by atoms with Crippen LogP contribution in [0.15, 0.2) is 18.2 Å². The molecule has 0 amide bonds. The fraction of sp³-hybridized carbons (Fsp3) is 0.588. The molecule has 0 radical (unpaired) electrons. The van der Waals surface area contributed by atoms with Crippen molar-refractivity contribution in [2.45, 2.75) is 31.5 Å². The number of hydrogen-bond donors (Lipinski definition) is 2. The maximum Gasteiger partial charge on any atom is 0.141 e. The second-order valence-electron chi connectivity index (χ2n) is 6.31. The SMILES string of the molecule is CC(NC[C@]1(CO)COC[C@@H](C)N1C)c1ccc(C#N)c(F)c1. The topological polar surface area (TPSA) is 68.5 Å². The molecule has 2 N–H and O–H groups in total. The number of benzene rings is 1. The number of aliphatic hydroxyl groups excluding tert-OH is 1. The van der Waals surface area contributed by atoms with Gasteiger partial charge in [-0.1, -0.05) is 6.07 Å². The molecule has 0 aromatic heterocycles. The van der Waals surface area contributed by atoms with Crippen LogP contribution in [0.3, 0.4) is 0 Å². The van der Waals surface area contributed by atoms with Crippen LogP contribution in [0.4, 0.5) is 4.39 Å². The monoisotopic (exact) mass is 321 g/mol. The van der Waals surface area contributed by atoms with Gasteiger partial charge in [-0.05, 0) is 38.6 Å². The Bertz CT molecular complexity index is 590. The largest absolute Gasteiger partial charge is 0.394 e. The van der Waals surface area contributed by atoms with E-state index in [1.807, 2.05) is 20.0 Å². The Labute approximate surface area is 136 Å². The van der Waals surface area contributed by atoms with Crippen LogP contribution in [0, 0.1) is 17.1 Å². The zero-order valence-corrected chi connectivity index (χ0v) is 13.8. The number of nitrogens with one attached hydrogen (secondary N) is 1. The number of hydrogen-bond acceptors (Lipinski definition) is 5. The number of likely N-dealkylation sites (N-methyl/N-ethyl adjacent to an activating group) is 1. The minimum absolute atomic E-state index is 0.0186. The van der Waals surface area contributed by atoms with Gasteiger partial charge in [0.25, 0.3) is 0 Å². The molecule has 6 heteroatoms. The first kappa shape index (κ1) is 17.8. The predicted octanol–water partition coefficient (Wildman–Crippen LogP) is 1.43. The van der Waals surface area contributed by atoms with E-state index >= 15 is 0 Å². The molecule has 5 nitrogen and oxygen atoms in total. The minimum atomic E-state index is -0.512. The number of ether oxygens (including phenoxy) is 1. The van der Waals surface area contributed by atoms with E-state index in [9.17, 15) is 9.50 Å². The number of aliphatic hydroxyl groups is 1. The third-order valence-electron chi connectivity index (χ3n) is 4.78. The van der Waals surface area contributed by atoms with Crippen LogP contribution >= 0.6 is 0 Å². The third kappa shape index (κ3) is 3.70. The predicted molar refractivity (Wildman–Crippen MR) is 85.4 cm³/mol. The molecule has 23 heavy (non-hydrogen) atoms. The zero-order valence-electron chi connectivity index (χ0n) is 13.8. The molecule has 0 bridgehead atoms. The van der Waals surface area contributed by atoms with Crippen molar-refractivity contribution in [1.29, 1.82) is 5.26 Å². The minimum Gasteiger partial charge on any atom is -0.394 e. The molecule has 0 spiro atoms. The first-order valence-electron chi connectivity index (χ1n) is 7.78. The van der Waals surface area contributed by atoms with Crippen molar-refractivity contribution in [3.63, 3.8) is 0 Å². The van der Waals surface area contributed by atoms with Crippen LogP contribution in [0.5, 0.6) is 0 Å². The lowest BCUT2D eigenvalue weighted by Crippen LogP contribution is -2.65. The fourth-order valence-electron chi connectivity index (χ4n) is 2.84. The van der Waals surface area contributed by atoms with Crippen LogP contribution < -0.4 is 5.32 Å². The summed E-state index contributed by atoms with van der Waals surface area (Å²) in [6.45, 7) is 5.59. The van der Waals surface area contributed by atoms with E-state index in [0.717, 1.165) is 5.56 Å². The Balaban J connectivity index is 2.06. The van der Waals surface area contributed by atoms with Gasteiger partial charge in [0, 0.05) is 18.6 Å². The fourth-order valence-corrected chi connectivity index (χ4v) is 2.84. The normalized spacial score (nSPS) is 26.7. The number of nitriles is 1. The van der Waals surface area contributed by atoms with Gasteiger partial charge in [0.15, 0.2) is 0 Å². The summed E-state index contributed by atoms with van der Waals surface area (Å²) < 4.78 is 19.4. The number of nitrogens with zero attached hydrogens (tertiary/aromatic N) is 2. The van der Waals surface area contributed by atoms with E-state index < -0.39 is 11.4 Å². The van der Waals surface area contributed by atoms with Gasteiger partial charge in [0.1, 0.15) is 11.9 Å². The van der Waals surface area contributed by atoms with Gasteiger partial charge in [-0.25, -0.2) is 4.39 Å². The summed E-state index contributed by atoms with van der Waals surface area (Å²) in [4.78, 5) is 2.13. The number of rotatable bonds is 5. The molecule has 1 aliphatic rings. The van der Waals surface area contributed by atoms with E-state index in [0.29, 0.717) is 19.8 Å². The Kier molecular flexibility index (Phi) is 5.71. The summed E-state index contributed by atoms with van der Waals surface area (Å²) in [5.74, 6) is -0.512. The van der Waals surface area contributed by atoms with Crippen LogP contribution in [0.25, 0.3) is 0 Å².